The highest BCUT2D eigenvalue weighted by Gasteiger charge is 2.38. The maximum Gasteiger partial charge on any atom is 0.274 e. The lowest BCUT2D eigenvalue weighted by atomic mass is 9.86. The van der Waals surface area contributed by atoms with Gasteiger partial charge in [0.1, 0.15) is 25.0 Å². The first-order chi connectivity index (χ1) is 34.3. The number of fused-ring (bicyclic) bond motifs is 5. The number of phenols is 1. The standard InChI is InChI=1S/C51H65N11O10S/c1-28-21-41(65)45(62(7)49(68)34(27-58-73(56,69)70)25-40(64)44-29(2)59-47(60-30(44)3)32-11-13-35(14-12-32)51(4,5)6)33-24-37(46(66)43(26-33)72-20-18-57-50(54)55)36-22-31(10-15-42(36)71-19-17-53)23-38(61-48(28)67)39(63)9-8-16-52/h10-15,22,24,26,28,34,38,45,58,66H,8-9,17-21,23,25,27,53H2,1-7H3,(H,61,67)(H4,54,55,57)(H2,56,69,70)/t28-,34+,38+,45+/m1/s1. The Morgan fingerprint density at radius 2 is 1.64 bits per heavy atom. The van der Waals surface area contributed by atoms with Gasteiger partial charge in [-0.3, -0.25) is 29.0 Å². The van der Waals surface area contributed by atoms with Crippen molar-refractivity contribution in [2.24, 2.45) is 39.2 Å². The van der Waals surface area contributed by atoms with Gasteiger partial charge in [-0.25, -0.2) is 19.8 Å². The average molecular weight is 1020 g/mol. The van der Waals surface area contributed by atoms with Crippen molar-refractivity contribution in [3.8, 4) is 45.8 Å². The number of nitrogens with two attached hydrogens (primary N) is 4. The van der Waals surface area contributed by atoms with E-state index in [0.29, 0.717) is 28.3 Å². The van der Waals surface area contributed by atoms with Gasteiger partial charge in [0.2, 0.25) is 11.8 Å². The average Bonchev–Trinajstić information content (AvgIpc) is 3.32. The molecule has 4 atom stereocenters. The molecule has 2 amide bonds. The molecule has 390 valence electrons. The Morgan fingerprint density at radius 1 is 0.986 bits per heavy atom. The number of nitriles is 1. The fourth-order valence-corrected chi connectivity index (χ4v) is 8.93. The SMILES string of the molecule is Cc1nc(-c2ccc(C(C)(C)C)cc2)nc(C)c1C(=O)C[C@@H](CNS(N)(=O)=O)C(=O)N(C)[C@@H]1C(=O)C[C@@H](C)C(=O)N[C@H](C(=O)CCC#N)Cc2ccc(OCCN)c(c2)-c2cc1cc(OCCN=C(N)N)c2O. The van der Waals surface area contributed by atoms with Gasteiger partial charge in [-0.1, -0.05) is 58.0 Å². The van der Waals surface area contributed by atoms with Gasteiger partial charge in [-0.15, -0.1) is 0 Å². The van der Waals surface area contributed by atoms with Crippen molar-refractivity contribution < 1.29 is 47.0 Å². The first-order valence-corrected chi connectivity index (χ1v) is 25.1. The molecule has 0 aliphatic carbocycles. The van der Waals surface area contributed by atoms with Crippen molar-refractivity contribution in [2.75, 3.05) is 39.9 Å². The van der Waals surface area contributed by atoms with Crippen molar-refractivity contribution in [1.82, 2.24) is 24.9 Å². The lowest BCUT2D eigenvalue weighted by molar-refractivity contribution is -0.142. The first-order valence-electron chi connectivity index (χ1n) is 23.6. The fraction of sp³-hybridized carbons (Fsp3) is 0.431. The third kappa shape index (κ3) is 14.9. The van der Waals surface area contributed by atoms with Gasteiger partial charge >= 0.3 is 0 Å². The predicted octanol–water partition coefficient (Wildman–Crippen LogP) is 3.11. The zero-order chi connectivity index (χ0) is 53.9. The molecule has 0 saturated heterocycles. The molecule has 0 spiro atoms. The third-order valence-electron chi connectivity index (χ3n) is 12.3. The number of aromatic hydroxyl groups is 1. The fourth-order valence-electron chi connectivity index (χ4n) is 8.49. The monoisotopic (exact) mass is 1020 g/mol. The van der Waals surface area contributed by atoms with Crippen LogP contribution >= 0.6 is 0 Å². The van der Waals surface area contributed by atoms with Crippen LogP contribution in [-0.2, 0) is 41.2 Å². The Kier molecular flexibility index (Phi) is 18.9. The minimum absolute atomic E-state index is 0.0314. The second-order valence-electron chi connectivity index (χ2n) is 19.0. The number of aliphatic imine (C=N–C) groups is 1. The Hall–Kier alpha value is -7.32. The highest BCUT2D eigenvalue weighted by molar-refractivity contribution is 7.87. The number of ketones is 3. The van der Waals surface area contributed by atoms with Crippen molar-refractivity contribution in [2.45, 2.75) is 91.1 Å². The van der Waals surface area contributed by atoms with E-state index in [1.54, 1.807) is 32.0 Å². The van der Waals surface area contributed by atoms with Crippen molar-refractivity contribution >= 4 is 45.3 Å². The van der Waals surface area contributed by atoms with E-state index in [0.717, 1.165) is 10.5 Å². The van der Waals surface area contributed by atoms with Crippen molar-refractivity contribution in [3.05, 3.63) is 88.2 Å². The predicted molar refractivity (Wildman–Crippen MR) is 273 cm³/mol. The van der Waals surface area contributed by atoms with E-state index in [2.05, 4.69) is 45.8 Å². The molecule has 4 bridgehead atoms. The van der Waals surface area contributed by atoms with E-state index in [9.17, 15) is 38.0 Å². The summed E-state index contributed by atoms with van der Waals surface area (Å²) in [7, 11) is -3.17. The summed E-state index contributed by atoms with van der Waals surface area (Å²) in [5, 5.41) is 29.4. The number of likely N-dealkylation sites (N-methyl/N-ethyl adjacent to an activating group) is 1. The quantitative estimate of drug-likeness (QED) is 0.0307. The number of benzene rings is 3. The number of hydrogen-bond acceptors (Lipinski definition) is 15. The number of hydrogen-bond donors (Lipinski definition) is 7. The van der Waals surface area contributed by atoms with Crippen LogP contribution in [0.2, 0.25) is 0 Å². The van der Waals surface area contributed by atoms with Crippen LogP contribution in [0.25, 0.3) is 22.5 Å². The van der Waals surface area contributed by atoms with Gasteiger partial charge in [-0.05, 0) is 66.6 Å². The number of carbonyl (C=O) groups is 5. The Labute approximate surface area is 425 Å². The van der Waals surface area contributed by atoms with Crippen molar-refractivity contribution in [3.63, 3.8) is 0 Å². The van der Waals surface area contributed by atoms with Gasteiger partial charge in [-0.2, -0.15) is 13.7 Å². The van der Waals surface area contributed by atoms with E-state index in [1.165, 1.54) is 26.1 Å². The topological polar surface area (TPSA) is 351 Å². The molecule has 2 heterocycles. The minimum Gasteiger partial charge on any atom is -0.504 e. The molecule has 5 rings (SSSR count). The highest BCUT2D eigenvalue weighted by Crippen LogP contribution is 2.45. The molecule has 21 nitrogen and oxygen atoms in total. The summed E-state index contributed by atoms with van der Waals surface area (Å²) in [6.07, 6.45) is -1.45. The van der Waals surface area contributed by atoms with Crippen molar-refractivity contribution in [1.29, 1.82) is 5.26 Å². The lowest BCUT2D eigenvalue weighted by Gasteiger charge is -2.32. The van der Waals surface area contributed by atoms with Gasteiger partial charge < -0.3 is 42.0 Å². The number of nitrogens with zero attached hydrogens (tertiary/aromatic N) is 5. The number of Topliss-reactive ketones (excluding diaryl/α,β-unsaturated/α-hetero) is 3. The Bertz CT molecular complexity index is 2890. The van der Waals surface area contributed by atoms with E-state index in [4.69, 9.17) is 31.8 Å². The third-order valence-corrected chi connectivity index (χ3v) is 12.8. The lowest BCUT2D eigenvalue weighted by Crippen LogP contribution is -2.46. The first kappa shape index (κ1) is 56.6. The van der Waals surface area contributed by atoms with Crippen LogP contribution in [0.3, 0.4) is 0 Å². The summed E-state index contributed by atoms with van der Waals surface area (Å²) in [5.41, 5.74) is 20.2. The summed E-state index contributed by atoms with van der Waals surface area (Å²) >= 11 is 0. The van der Waals surface area contributed by atoms with E-state index in [1.807, 2.05) is 30.3 Å². The van der Waals surface area contributed by atoms with Crippen LogP contribution in [0, 0.1) is 37.0 Å². The smallest absolute Gasteiger partial charge is 0.274 e. The zero-order valence-corrected chi connectivity index (χ0v) is 43.0. The molecule has 73 heavy (non-hydrogen) atoms. The number of aryl methyl sites for hydroxylation is 2. The number of ether oxygens (including phenoxy) is 2. The normalized spacial score (nSPS) is 16.5. The molecule has 22 heteroatoms. The van der Waals surface area contributed by atoms with Crippen LogP contribution in [0.4, 0.5) is 0 Å². The van der Waals surface area contributed by atoms with Crippen LogP contribution in [-0.4, -0.2) is 109 Å². The molecular formula is C51H65N11O10S. The number of amides is 2. The Morgan fingerprint density at radius 3 is 2.25 bits per heavy atom. The van der Waals surface area contributed by atoms with Gasteiger partial charge in [0, 0.05) is 68.4 Å². The minimum atomic E-state index is -4.45. The molecule has 0 unspecified atom stereocenters. The molecule has 0 saturated carbocycles. The maximum atomic E-state index is 15.1. The molecule has 1 aromatic heterocycles. The van der Waals surface area contributed by atoms with Gasteiger partial charge in [0.25, 0.3) is 10.2 Å². The van der Waals surface area contributed by atoms with E-state index >= 15 is 4.79 Å². The number of carbonyl (C=O) groups excluding carboxylic acids is 5. The molecule has 11 N–H and O–H groups in total. The number of guanidine groups is 1. The number of phenolic OH excluding ortho intramolecular Hbond substituents is 1. The molecule has 0 radical (unpaired) electrons. The zero-order valence-electron chi connectivity index (χ0n) is 42.2. The molecule has 1 aliphatic heterocycles. The summed E-state index contributed by atoms with van der Waals surface area (Å²) in [6, 6.07) is 14.6. The maximum absolute atomic E-state index is 15.1. The number of nitrogens with one attached hydrogen (secondary N) is 2. The van der Waals surface area contributed by atoms with Gasteiger partial charge in [0.15, 0.2) is 40.6 Å². The largest absolute Gasteiger partial charge is 0.504 e. The summed E-state index contributed by atoms with van der Waals surface area (Å²) < 4.78 is 38.9. The van der Waals surface area contributed by atoms with Gasteiger partial charge in [0.05, 0.1) is 41.5 Å². The van der Waals surface area contributed by atoms with Crippen LogP contribution in [0.1, 0.15) is 97.9 Å². The molecule has 4 aromatic rings. The molecule has 3 aromatic carbocycles. The van der Waals surface area contributed by atoms with Crippen LogP contribution < -0.4 is 41.9 Å². The summed E-state index contributed by atoms with van der Waals surface area (Å²) in [4.78, 5) is 86.2. The second kappa shape index (κ2) is 24.4. The van der Waals surface area contributed by atoms with Crippen LogP contribution in [0.15, 0.2) is 59.6 Å². The highest BCUT2D eigenvalue weighted by atomic mass is 32.2. The van der Waals surface area contributed by atoms with E-state index < -0.39 is 88.4 Å². The summed E-state index contributed by atoms with van der Waals surface area (Å²) in [5.74, 6) is -6.19. The molecule has 0 fully saturated rings. The number of rotatable bonds is 19. The van der Waals surface area contributed by atoms with E-state index in [-0.39, 0.29) is 90.7 Å². The Balaban J connectivity index is 1.67. The molecule has 1 aliphatic rings. The second-order valence-corrected chi connectivity index (χ2v) is 20.4. The molecular weight excluding hydrogens is 959 g/mol. The summed E-state index contributed by atoms with van der Waals surface area (Å²) in [6.45, 7) is 10.2. The number of aromatic nitrogens is 2. The van der Waals surface area contributed by atoms with Crippen LogP contribution in [0.5, 0.6) is 17.2 Å².